The van der Waals surface area contributed by atoms with Crippen LogP contribution in [-0.2, 0) is 4.74 Å². The quantitative estimate of drug-likeness (QED) is 0.499. The minimum Gasteiger partial charge on any atom is -0.378 e. The van der Waals surface area contributed by atoms with Gasteiger partial charge >= 0.3 is 0 Å². The Hall–Kier alpha value is -3.78. The zero-order valence-electron chi connectivity index (χ0n) is 16.5. The number of ether oxygens (including phenoxy) is 1. The van der Waals surface area contributed by atoms with Crippen LogP contribution >= 0.6 is 0 Å². The number of fused-ring (bicyclic) bond motifs is 3. The van der Waals surface area contributed by atoms with Crippen molar-refractivity contribution in [2.24, 2.45) is 5.73 Å². The highest BCUT2D eigenvalue weighted by atomic mass is 19.1. The number of aromatic nitrogens is 2. The Labute approximate surface area is 176 Å². The van der Waals surface area contributed by atoms with Gasteiger partial charge in [0.25, 0.3) is 11.8 Å². The number of nitrogens with zero attached hydrogens (tertiary/aromatic N) is 2. The van der Waals surface area contributed by atoms with Gasteiger partial charge in [-0.05, 0) is 42.0 Å². The van der Waals surface area contributed by atoms with Crippen LogP contribution in [0.2, 0.25) is 0 Å². The second kappa shape index (κ2) is 7.48. The second-order valence-electron chi connectivity index (χ2n) is 7.47. The Bertz CT molecular complexity index is 1320. The summed E-state index contributed by atoms with van der Waals surface area (Å²) in [4.78, 5) is 33.7. The van der Waals surface area contributed by atoms with Crippen LogP contribution in [0.4, 0.5) is 4.39 Å². The van der Waals surface area contributed by atoms with Crippen LogP contribution in [-0.4, -0.2) is 53.0 Å². The molecule has 4 aromatic rings. The topological polar surface area (TPSA) is 101 Å². The Balaban J connectivity index is 1.64. The molecule has 0 spiro atoms. The van der Waals surface area contributed by atoms with Gasteiger partial charge in [-0.3, -0.25) is 9.59 Å². The van der Waals surface area contributed by atoms with E-state index in [1.54, 1.807) is 29.2 Å². The van der Waals surface area contributed by atoms with E-state index in [9.17, 15) is 14.0 Å². The van der Waals surface area contributed by atoms with Gasteiger partial charge in [0, 0.05) is 46.7 Å². The largest absolute Gasteiger partial charge is 0.378 e. The van der Waals surface area contributed by atoms with Gasteiger partial charge in [0.15, 0.2) is 0 Å². The van der Waals surface area contributed by atoms with Crippen LogP contribution in [0.1, 0.15) is 20.7 Å². The van der Waals surface area contributed by atoms with Crippen molar-refractivity contribution in [3.63, 3.8) is 0 Å². The van der Waals surface area contributed by atoms with E-state index in [2.05, 4.69) is 9.97 Å². The molecule has 0 unspecified atom stereocenters. The first-order chi connectivity index (χ1) is 15.0. The Morgan fingerprint density at radius 3 is 2.55 bits per heavy atom. The fourth-order valence-corrected chi connectivity index (χ4v) is 4.00. The smallest absolute Gasteiger partial charge is 0.254 e. The maximum Gasteiger partial charge on any atom is 0.254 e. The van der Waals surface area contributed by atoms with E-state index in [0.29, 0.717) is 54.1 Å². The summed E-state index contributed by atoms with van der Waals surface area (Å²) < 4.78 is 18.5. The Morgan fingerprint density at radius 1 is 1.03 bits per heavy atom. The number of H-pyrrole nitrogens is 1. The summed E-state index contributed by atoms with van der Waals surface area (Å²) in [5, 5.41) is 1.64. The molecule has 0 radical (unpaired) electrons. The molecule has 0 atom stereocenters. The van der Waals surface area contributed by atoms with Crippen molar-refractivity contribution in [1.29, 1.82) is 0 Å². The number of carbonyl (C=O) groups excluding carboxylic acids is 2. The number of amides is 2. The molecule has 8 heteroatoms. The van der Waals surface area contributed by atoms with E-state index in [4.69, 9.17) is 10.5 Å². The highest BCUT2D eigenvalue weighted by molar-refractivity contribution is 6.16. The lowest BCUT2D eigenvalue weighted by Crippen LogP contribution is -2.40. The maximum absolute atomic E-state index is 13.2. The number of nitrogens with two attached hydrogens (primary N) is 1. The van der Waals surface area contributed by atoms with Crippen LogP contribution < -0.4 is 5.73 Å². The van der Waals surface area contributed by atoms with Gasteiger partial charge in [0.05, 0.1) is 24.3 Å². The van der Waals surface area contributed by atoms with Gasteiger partial charge in [0.1, 0.15) is 0 Å². The standard InChI is InChI=1S/C23H19FN4O3/c24-20-4-2-14(12-26-20)15-9-17-16-3-1-13(23(30)28-5-7-31-8-6-28)11-19(16)27-21(17)18(10-15)22(25)29/h1-4,9-12,27H,5-8H2,(H2,25,29). The summed E-state index contributed by atoms with van der Waals surface area (Å²) in [6, 6.07) is 11.9. The molecule has 31 heavy (non-hydrogen) atoms. The third kappa shape index (κ3) is 3.40. The number of morpholine rings is 1. The first-order valence-corrected chi connectivity index (χ1v) is 9.89. The zero-order valence-corrected chi connectivity index (χ0v) is 16.5. The van der Waals surface area contributed by atoms with E-state index in [0.717, 1.165) is 16.3 Å². The lowest BCUT2D eigenvalue weighted by Gasteiger charge is -2.26. The summed E-state index contributed by atoms with van der Waals surface area (Å²) in [6.07, 6.45) is 1.41. The lowest BCUT2D eigenvalue weighted by molar-refractivity contribution is 0.0303. The van der Waals surface area contributed by atoms with Crippen LogP contribution in [0, 0.1) is 5.95 Å². The van der Waals surface area contributed by atoms with E-state index < -0.39 is 11.9 Å². The van der Waals surface area contributed by atoms with E-state index in [-0.39, 0.29) is 5.91 Å². The molecule has 1 saturated heterocycles. The van der Waals surface area contributed by atoms with Crippen molar-refractivity contribution in [2.45, 2.75) is 0 Å². The molecular formula is C23H19FN4O3. The number of hydrogen-bond donors (Lipinski definition) is 2. The summed E-state index contributed by atoms with van der Waals surface area (Å²) in [6.45, 7) is 2.18. The van der Waals surface area contributed by atoms with Crippen LogP contribution in [0.25, 0.3) is 32.9 Å². The third-order valence-electron chi connectivity index (χ3n) is 5.58. The van der Waals surface area contributed by atoms with E-state index in [1.165, 1.54) is 12.3 Å². The fraction of sp³-hybridized carbons (Fsp3) is 0.174. The number of rotatable bonds is 3. The van der Waals surface area contributed by atoms with Gasteiger partial charge in [-0.25, -0.2) is 4.98 Å². The molecule has 1 aliphatic heterocycles. The normalized spacial score (nSPS) is 14.3. The molecule has 1 fully saturated rings. The van der Waals surface area contributed by atoms with Crippen molar-refractivity contribution >= 4 is 33.6 Å². The zero-order chi connectivity index (χ0) is 21.5. The number of primary amides is 1. The van der Waals surface area contributed by atoms with Crippen LogP contribution in [0.5, 0.6) is 0 Å². The fourth-order valence-electron chi connectivity index (χ4n) is 4.00. The molecule has 0 saturated carbocycles. The summed E-state index contributed by atoms with van der Waals surface area (Å²) in [5.74, 6) is -1.22. The number of carbonyl (C=O) groups is 2. The molecule has 2 amide bonds. The first kappa shape index (κ1) is 19.2. The lowest BCUT2D eigenvalue weighted by atomic mass is 9.99. The van der Waals surface area contributed by atoms with Gasteiger partial charge in [-0.15, -0.1) is 0 Å². The second-order valence-corrected chi connectivity index (χ2v) is 7.47. The van der Waals surface area contributed by atoms with Crippen molar-refractivity contribution in [3.05, 3.63) is 65.7 Å². The van der Waals surface area contributed by atoms with Crippen LogP contribution in [0.3, 0.4) is 0 Å². The van der Waals surface area contributed by atoms with Crippen molar-refractivity contribution in [1.82, 2.24) is 14.9 Å². The van der Waals surface area contributed by atoms with Gasteiger partial charge in [-0.1, -0.05) is 6.07 Å². The summed E-state index contributed by atoms with van der Waals surface area (Å²) in [7, 11) is 0. The summed E-state index contributed by atoms with van der Waals surface area (Å²) in [5.41, 5.74) is 9.20. The average Bonchev–Trinajstić information content (AvgIpc) is 3.16. The molecular weight excluding hydrogens is 399 g/mol. The minimum atomic E-state index is -0.585. The molecule has 3 heterocycles. The highest BCUT2D eigenvalue weighted by Crippen LogP contribution is 2.33. The predicted octanol–water partition coefficient (Wildman–Crippen LogP) is 3.09. The molecule has 2 aromatic carbocycles. The number of aromatic amines is 1. The molecule has 7 nitrogen and oxygen atoms in total. The predicted molar refractivity (Wildman–Crippen MR) is 114 cm³/mol. The third-order valence-corrected chi connectivity index (χ3v) is 5.58. The number of halogens is 1. The molecule has 0 bridgehead atoms. The summed E-state index contributed by atoms with van der Waals surface area (Å²) >= 11 is 0. The number of benzene rings is 2. The number of pyridine rings is 1. The molecule has 5 rings (SSSR count). The van der Waals surface area contributed by atoms with Crippen molar-refractivity contribution in [2.75, 3.05) is 26.3 Å². The number of hydrogen-bond acceptors (Lipinski definition) is 4. The van der Waals surface area contributed by atoms with E-state index in [1.807, 2.05) is 12.1 Å². The molecule has 1 aliphatic rings. The molecule has 156 valence electrons. The Kier molecular flexibility index (Phi) is 4.63. The molecule has 3 N–H and O–H groups in total. The van der Waals surface area contributed by atoms with Gasteiger partial charge in [0.2, 0.25) is 5.95 Å². The van der Waals surface area contributed by atoms with Crippen LogP contribution in [0.15, 0.2) is 48.7 Å². The monoisotopic (exact) mass is 418 g/mol. The van der Waals surface area contributed by atoms with Gasteiger partial charge < -0.3 is 20.4 Å². The minimum absolute atomic E-state index is 0.0583. The van der Waals surface area contributed by atoms with E-state index >= 15 is 0 Å². The maximum atomic E-state index is 13.2. The molecule has 2 aromatic heterocycles. The van der Waals surface area contributed by atoms with Gasteiger partial charge in [-0.2, -0.15) is 4.39 Å². The SMILES string of the molecule is NC(=O)c1cc(-c2ccc(F)nc2)cc2c1[nH]c1cc(C(=O)N3CCOCC3)ccc12. The highest BCUT2D eigenvalue weighted by Gasteiger charge is 2.20. The first-order valence-electron chi connectivity index (χ1n) is 9.89. The Morgan fingerprint density at radius 2 is 1.84 bits per heavy atom. The number of nitrogens with one attached hydrogen (secondary N) is 1. The average molecular weight is 418 g/mol. The van der Waals surface area contributed by atoms with Crippen molar-refractivity contribution < 1.29 is 18.7 Å². The van der Waals surface area contributed by atoms with Crippen molar-refractivity contribution in [3.8, 4) is 11.1 Å². The molecule has 0 aliphatic carbocycles.